The molecule has 1 aromatic rings. The van der Waals surface area contributed by atoms with Gasteiger partial charge in [0.15, 0.2) is 0 Å². The maximum Gasteiger partial charge on any atom is 0.119 e. The van der Waals surface area contributed by atoms with Gasteiger partial charge < -0.3 is 10.1 Å². The second-order valence-electron chi connectivity index (χ2n) is 4.21. The Balaban J connectivity index is 2.56. The maximum absolute atomic E-state index is 5.73. The van der Waals surface area contributed by atoms with Gasteiger partial charge in [-0.15, -0.1) is 0 Å². The molecule has 0 radical (unpaired) electrons. The van der Waals surface area contributed by atoms with Gasteiger partial charge in [-0.1, -0.05) is 26.0 Å². The molecule has 0 heterocycles. The smallest absolute Gasteiger partial charge is 0.119 e. The fraction of sp³-hybridized carbons (Fsp3) is 0.538. The predicted molar refractivity (Wildman–Crippen MR) is 64.5 cm³/mol. The minimum absolute atomic E-state index is 0.208. The molecule has 0 spiro atoms. The van der Waals surface area contributed by atoms with Crippen molar-refractivity contribution >= 4 is 0 Å². The lowest BCUT2D eigenvalue weighted by molar-refractivity contribution is 0.220. The lowest BCUT2D eigenvalue weighted by atomic mass is 10.0. The van der Waals surface area contributed by atoms with Crippen molar-refractivity contribution in [1.29, 1.82) is 0 Å². The van der Waals surface area contributed by atoms with Gasteiger partial charge in [0, 0.05) is 6.54 Å². The SMILES string of the molecule is CNCC(C)Oc1ccc(C(C)C)cc1. The molecular weight excluding hydrogens is 186 g/mol. The standard InChI is InChI=1S/C13H21NO/c1-10(2)12-5-7-13(8-6-12)15-11(3)9-14-4/h5-8,10-11,14H,9H2,1-4H3. The molecule has 1 atom stereocenters. The molecular formula is C13H21NO. The number of rotatable bonds is 5. The van der Waals surface area contributed by atoms with Crippen LogP contribution < -0.4 is 10.1 Å². The van der Waals surface area contributed by atoms with Crippen molar-refractivity contribution in [3.8, 4) is 5.75 Å². The number of hydrogen-bond donors (Lipinski definition) is 1. The minimum atomic E-state index is 0.208. The Hall–Kier alpha value is -1.02. The topological polar surface area (TPSA) is 21.3 Å². The summed E-state index contributed by atoms with van der Waals surface area (Å²) < 4.78 is 5.73. The van der Waals surface area contributed by atoms with E-state index in [9.17, 15) is 0 Å². The molecule has 1 N–H and O–H groups in total. The van der Waals surface area contributed by atoms with Crippen LogP contribution in [0, 0.1) is 0 Å². The monoisotopic (exact) mass is 207 g/mol. The van der Waals surface area contributed by atoms with Gasteiger partial charge in [-0.3, -0.25) is 0 Å². The molecule has 15 heavy (non-hydrogen) atoms. The Morgan fingerprint density at radius 3 is 2.20 bits per heavy atom. The molecule has 0 aliphatic carbocycles. The highest BCUT2D eigenvalue weighted by Gasteiger charge is 2.03. The molecule has 0 saturated carbocycles. The Bertz CT molecular complexity index is 279. The second-order valence-corrected chi connectivity index (χ2v) is 4.21. The van der Waals surface area contributed by atoms with Crippen molar-refractivity contribution < 1.29 is 4.74 Å². The van der Waals surface area contributed by atoms with Crippen molar-refractivity contribution in [2.45, 2.75) is 32.8 Å². The van der Waals surface area contributed by atoms with Crippen LogP contribution in [0.15, 0.2) is 24.3 Å². The van der Waals surface area contributed by atoms with E-state index in [2.05, 4.69) is 38.2 Å². The summed E-state index contributed by atoms with van der Waals surface area (Å²) in [6.45, 7) is 7.32. The third-order valence-electron chi connectivity index (χ3n) is 2.38. The molecule has 2 nitrogen and oxygen atoms in total. The molecule has 0 fully saturated rings. The van der Waals surface area contributed by atoms with Gasteiger partial charge in [0.2, 0.25) is 0 Å². The van der Waals surface area contributed by atoms with Crippen LogP contribution in [0.25, 0.3) is 0 Å². The quantitative estimate of drug-likeness (QED) is 0.801. The number of hydrogen-bond acceptors (Lipinski definition) is 2. The Morgan fingerprint density at radius 1 is 1.13 bits per heavy atom. The van der Waals surface area contributed by atoms with E-state index < -0.39 is 0 Å². The molecule has 0 saturated heterocycles. The summed E-state index contributed by atoms with van der Waals surface area (Å²) in [5.41, 5.74) is 1.35. The van der Waals surface area contributed by atoms with Crippen LogP contribution >= 0.6 is 0 Å². The van der Waals surface area contributed by atoms with E-state index >= 15 is 0 Å². The van der Waals surface area contributed by atoms with E-state index in [1.54, 1.807) is 0 Å². The van der Waals surface area contributed by atoms with Crippen LogP contribution in [0.3, 0.4) is 0 Å². The summed E-state index contributed by atoms with van der Waals surface area (Å²) in [5.74, 6) is 1.52. The molecule has 0 aliphatic rings. The first kappa shape index (κ1) is 12.1. The van der Waals surface area contributed by atoms with Gasteiger partial charge in [-0.2, -0.15) is 0 Å². The molecule has 1 aromatic carbocycles. The Morgan fingerprint density at radius 2 is 1.73 bits per heavy atom. The van der Waals surface area contributed by atoms with Crippen molar-refractivity contribution in [3.63, 3.8) is 0 Å². The molecule has 2 heteroatoms. The van der Waals surface area contributed by atoms with E-state index in [1.165, 1.54) is 5.56 Å². The summed E-state index contributed by atoms with van der Waals surface area (Å²) >= 11 is 0. The van der Waals surface area contributed by atoms with Gasteiger partial charge in [0.05, 0.1) is 0 Å². The average molecular weight is 207 g/mol. The summed E-state index contributed by atoms with van der Waals surface area (Å²) in [6.07, 6.45) is 0.208. The first-order valence-corrected chi connectivity index (χ1v) is 5.54. The molecule has 0 aliphatic heterocycles. The molecule has 0 amide bonds. The summed E-state index contributed by atoms with van der Waals surface area (Å²) in [5, 5.41) is 3.09. The maximum atomic E-state index is 5.73. The van der Waals surface area contributed by atoms with E-state index in [0.717, 1.165) is 12.3 Å². The summed E-state index contributed by atoms with van der Waals surface area (Å²) in [6, 6.07) is 8.35. The minimum Gasteiger partial charge on any atom is -0.489 e. The number of ether oxygens (including phenoxy) is 1. The molecule has 1 rings (SSSR count). The predicted octanol–water partition coefficient (Wildman–Crippen LogP) is 2.80. The molecule has 0 aromatic heterocycles. The van der Waals surface area contributed by atoms with Crippen LogP contribution in [0.5, 0.6) is 5.75 Å². The molecule has 1 unspecified atom stereocenters. The first-order valence-electron chi connectivity index (χ1n) is 5.54. The highest BCUT2D eigenvalue weighted by molar-refractivity contribution is 5.29. The van der Waals surface area contributed by atoms with Crippen molar-refractivity contribution in [2.24, 2.45) is 0 Å². The number of nitrogens with one attached hydrogen (secondary N) is 1. The third kappa shape index (κ3) is 3.92. The second kappa shape index (κ2) is 5.76. The lowest BCUT2D eigenvalue weighted by Crippen LogP contribution is -2.25. The summed E-state index contributed by atoms with van der Waals surface area (Å²) in [4.78, 5) is 0. The van der Waals surface area contributed by atoms with Gasteiger partial charge in [0.1, 0.15) is 11.9 Å². The zero-order valence-electron chi connectivity index (χ0n) is 10.1. The Kier molecular flexibility index (Phi) is 4.63. The normalized spacial score (nSPS) is 12.9. The third-order valence-corrected chi connectivity index (χ3v) is 2.38. The fourth-order valence-corrected chi connectivity index (χ4v) is 1.49. The van der Waals surface area contributed by atoms with Crippen LogP contribution in [0.1, 0.15) is 32.3 Å². The van der Waals surface area contributed by atoms with Crippen LogP contribution in [0.4, 0.5) is 0 Å². The van der Waals surface area contributed by atoms with Crippen LogP contribution in [-0.4, -0.2) is 19.7 Å². The lowest BCUT2D eigenvalue weighted by Gasteiger charge is -2.14. The van der Waals surface area contributed by atoms with Crippen LogP contribution in [-0.2, 0) is 0 Å². The van der Waals surface area contributed by atoms with E-state index in [0.29, 0.717) is 5.92 Å². The van der Waals surface area contributed by atoms with E-state index in [-0.39, 0.29) is 6.10 Å². The van der Waals surface area contributed by atoms with Crippen molar-refractivity contribution in [2.75, 3.05) is 13.6 Å². The van der Waals surface area contributed by atoms with Crippen molar-refractivity contribution in [1.82, 2.24) is 5.32 Å². The zero-order valence-corrected chi connectivity index (χ0v) is 10.1. The van der Waals surface area contributed by atoms with E-state index in [1.807, 2.05) is 19.2 Å². The highest BCUT2D eigenvalue weighted by atomic mass is 16.5. The number of likely N-dealkylation sites (N-methyl/N-ethyl adjacent to an activating group) is 1. The van der Waals surface area contributed by atoms with Gasteiger partial charge in [-0.25, -0.2) is 0 Å². The van der Waals surface area contributed by atoms with Gasteiger partial charge in [-0.05, 0) is 37.6 Å². The molecule has 0 bridgehead atoms. The number of benzene rings is 1. The van der Waals surface area contributed by atoms with Crippen molar-refractivity contribution in [3.05, 3.63) is 29.8 Å². The first-order chi connectivity index (χ1) is 7.13. The largest absolute Gasteiger partial charge is 0.489 e. The molecule has 84 valence electrons. The van der Waals surface area contributed by atoms with Crippen LogP contribution in [0.2, 0.25) is 0 Å². The van der Waals surface area contributed by atoms with E-state index in [4.69, 9.17) is 4.74 Å². The van der Waals surface area contributed by atoms with Gasteiger partial charge >= 0.3 is 0 Å². The highest BCUT2D eigenvalue weighted by Crippen LogP contribution is 2.19. The fourth-order valence-electron chi connectivity index (χ4n) is 1.49. The summed E-state index contributed by atoms with van der Waals surface area (Å²) in [7, 11) is 1.93. The Labute approximate surface area is 92.6 Å². The average Bonchev–Trinajstić information content (AvgIpc) is 2.18. The zero-order chi connectivity index (χ0) is 11.3. The van der Waals surface area contributed by atoms with Gasteiger partial charge in [0.25, 0.3) is 0 Å².